The molecule has 0 spiro atoms. The molecule has 1 aliphatic carbocycles. The highest BCUT2D eigenvalue weighted by atomic mass is 19.1. The van der Waals surface area contributed by atoms with Gasteiger partial charge in [-0.1, -0.05) is 24.3 Å². The van der Waals surface area contributed by atoms with Gasteiger partial charge >= 0.3 is 0 Å². The maximum Gasteiger partial charge on any atom is 0.197 e. The Bertz CT molecular complexity index is 319. The molecule has 1 aromatic rings. The molecule has 0 bridgehead atoms. The van der Waals surface area contributed by atoms with Crippen molar-refractivity contribution in [3.8, 4) is 0 Å². The first-order valence-corrected chi connectivity index (χ1v) is 4.05. The van der Waals surface area contributed by atoms with Gasteiger partial charge in [0.25, 0.3) is 0 Å². The summed E-state index contributed by atoms with van der Waals surface area (Å²) in [5.74, 6) is -0.350. The molecule has 1 aromatic carbocycles. The van der Waals surface area contributed by atoms with Crippen LogP contribution in [-0.4, -0.2) is 12.0 Å². The summed E-state index contributed by atoms with van der Waals surface area (Å²) in [6, 6.07) is 7.24. The van der Waals surface area contributed by atoms with Gasteiger partial charge in [0, 0.05) is 5.56 Å². The van der Waals surface area contributed by atoms with Gasteiger partial charge in [-0.2, -0.15) is 0 Å². The van der Waals surface area contributed by atoms with Crippen molar-refractivity contribution in [3.63, 3.8) is 0 Å². The first kappa shape index (κ1) is 7.47. The molecule has 0 fully saturated rings. The maximum absolute atomic E-state index is 12.9. The van der Waals surface area contributed by atoms with Gasteiger partial charge in [0.2, 0.25) is 0 Å². The van der Waals surface area contributed by atoms with Crippen LogP contribution in [0.4, 0.5) is 4.39 Å². The van der Waals surface area contributed by atoms with Crippen LogP contribution in [0.2, 0.25) is 0 Å². The lowest BCUT2D eigenvalue weighted by atomic mass is 9.90. The van der Waals surface area contributed by atoms with Crippen molar-refractivity contribution in [3.05, 3.63) is 35.4 Å². The Balaban J connectivity index is 2.49. The maximum atomic E-state index is 12.9. The zero-order valence-corrected chi connectivity index (χ0v) is 6.59. The molecule has 12 heavy (non-hydrogen) atoms. The van der Waals surface area contributed by atoms with Crippen LogP contribution in [0, 0.1) is 0 Å². The molecular formula is C10H9FO. The van der Waals surface area contributed by atoms with E-state index in [1.165, 1.54) is 0 Å². The van der Waals surface area contributed by atoms with Gasteiger partial charge in [-0.05, 0) is 18.4 Å². The lowest BCUT2D eigenvalue weighted by Crippen LogP contribution is -2.23. The van der Waals surface area contributed by atoms with E-state index in [1.807, 2.05) is 12.1 Å². The molecule has 0 aliphatic heterocycles. The van der Waals surface area contributed by atoms with Gasteiger partial charge in [-0.15, -0.1) is 0 Å². The minimum absolute atomic E-state index is 0.343. The summed E-state index contributed by atoms with van der Waals surface area (Å²) in [7, 11) is 0. The molecule has 2 rings (SSSR count). The fourth-order valence-electron chi connectivity index (χ4n) is 1.56. The van der Waals surface area contributed by atoms with E-state index >= 15 is 0 Å². The molecule has 0 saturated heterocycles. The zero-order valence-electron chi connectivity index (χ0n) is 6.59. The molecule has 0 N–H and O–H groups in total. The third kappa shape index (κ3) is 1.04. The third-order valence-electron chi connectivity index (χ3n) is 2.23. The average molecular weight is 164 g/mol. The number of fused-ring (bicyclic) bond motifs is 1. The van der Waals surface area contributed by atoms with E-state index in [4.69, 9.17) is 0 Å². The Hall–Kier alpha value is -1.18. The highest BCUT2D eigenvalue weighted by Gasteiger charge is 2.25. The molecule has 1 atom stereocenters. The van der Waals surface area contributed by atoms with Crippen LogP contribution in [0.5, 0.6) is 0 Å². The third-order valence-corrected chi connectivity index (χ3v) is 2.23. The summed E-state index contributed by atoms with van der Waals surface area (Å²) in [5, 5.41) is 0. The number of halogens is 1. The van der Waals surface area contributed by atoms with Crippen LogP contribution >= 0.6 is 0 Å². The number of ketones is 1. The largest absolute Gasteiger partial charge is 0.291 e. The van der Waals surface area contributed by atoms with Crippen LogP contribution in [0.25, 0.3) is 0 Å². The number of rotatable bonds is 0. The Kier molecular flexibility index (Phi) is 1.68. The van der Waals surface area contributed by atoms with Crippen molar-refractivity contribution in [2.24, 2.45) is 0 Å². The van der Waals surface area contributed by atoms with E-state index < -0.39 is 6.17 Å². The van der Waals surface area contributed by atoms with Gasteiger partial charge < -0.3 is 0 Å². The first-order valence-electron chi connectivity index (χ1n) is 4.05. The minimum atomic E-state index is -1.28. The van der Waals surface area contributed by atoms with E-state index in [0.29, 0.717) is 18.4 Å². The van der Waals surface area contributed by atoms with Crippen LogP contribution in [0.1, 0.15) is 22.3 Å². The summed E-state index contributed by atoms with van der Waals surface area (Å²) in [6.07, 6.45) is -0.251. The number of aryl methyl sites for hydroxylation is 1. The zero-order chi connectivity index (χ0) is 8.55. The van der Waals surface area contributed by atoms with Crippen molar-refractivity contribution in [1.29, 1.82) is 0 Å². The summed E-state index contributed by atoms with van der Waals surface area (Å²) in [6.45, 7) is 0. The van der Waals surface area contributed by atoms with Crippen molar-refractivity contribution in [2.45, 2.75) is 19.0 Å². The van der Waals surface area contributed by atoms with Gasteiger partial charge in [-0.3, -0.25) is 4.79 Å². The quantitative estimate of drug-likeness (QED) is 0.574. The van der Waals surface area contributed by atoms with Crippen LogP contribution in [-0.2, 0) is 6.42 Å². The molecule has 0 heterocycles. The van der Waals surface area contributed by atoms with Crippen LogP contribution in [0.3, 0.4) is 0 Å². The molecular weight excluding hydrogens is 155 g/mol. The highest BCUT2D eigenvalue weighted by Crippen LogP contribution is 2.22. The van der Waals surface area contributed by atoms with Gasteiger partial charge in [0.1, 0.15) is 0 Å². The summed E-state index contributed by atoms with van der Waals surface area (Å²) >= 11 is 0. The SMILES string of the molecule is O=C1c2ccccc2CC[C@H]1F. The molecule has 0 aromatic heterocycles. The number of carbonyl (C=O) groups is 1. The standard InChI is InChI=1S/C10H9FO/c11-9-6-5-7-3-1-2-4-8(7)10(9)12/h1-4,9H,5-6H2/t9-/m1/s1. The highest BCUT2D eigenvalue weighted by molar-refractivity contribution is 6.01. The van der Waals surface area contributed by atoms with Gasteiger partial charge in [0.15, 0.2) is 12.0 Å². The Morgan fingerprint density at radius 3 is 2.92 bits per heavy atom. The Labute approximate surface area is 70.2 Å². The average Bonchev–Trinajstić information content (AvgIpc) is 2.12. The van der Waals surface area contributed by atoms with E-state index in [1.54, 1.807) is 12.1 Å². The second-order valence-electron chi connectivity index (χ2n) is 3.03. The summed E-state index contributed by atoms with van der Waals surface area (Å²) < 4.78 is 12.9. The molecule has 2 heteroatoms. The molecule has 0 amide bonds. The lowest BCUT2D eigenvalue weighted by Gasteiger charge is -2.16. The van der Waals surface area contributed by atoms with Crippen LogP contribution < -0.4 is 0 Å². The summed E-state index contributed by atoms with van der Waals surface area (Å²) in [5.41, 5.74) is 1.55. The molecule has 0 saturated carbocycles. The Morgan fingerprint density at radius 1 is 1.33 bits per heavy atom. The Morgan fingerprint density at radius 2 is 2.08 bits per heavy atom. The number of carbonyl (C=O) groups excluding carboxylic acids is 1. The van der Waals surface area contributed by atoms with Crippen molar-refractivity contribution < 1.29 is 9.18 Å². The minimum Gasteiger partial charge on any atom is -0.291 e. The number of benzene rings is 1. The van der Waals surface area contributed by atoms with Crippen molar-refractivity contribution in [1.82, 2.24) is 0 Å². The van der Waals surface area contributed by atoms with E-state index in [-0.39, 0.29) is 5.78 Å². The molecule has 0 radical (unpaired) electrons. The van der Waals surface area contributed by atoms with E-state index in [0.717, 1.165) is 5.56 Å². The second kappa shape index (κ2) is 2.70. The number of Topliss-reactive ketones (excluding diaryl/α,β-unsaturated/α-hetero) is 1. The molecule has 1 aliphatic rings. The van der Waals surface area contributed by atoms with E-state index in [2.05, 4.69) is 0 Å². The van der Waals surface area contributed by atoms with Crippen molar-refractivity contribution in [2.75, 3.05) is 0 Å². The smallest absolute Gasteiger partial charge is 0.197 e. The van der Waals surface area contributed by atoms with Gasteiger partial charge in [0.05, 0.1) is 0 Å². The fraction of sp³-hybridized carbons (Fsp3) is 0.300. The predicted octanol–water partition coefficient (Wildman–Crippen LogP) is 2.15. The normalized spacial score (nSPS) is 22.1. The first-order chi connectivity index (χ1) is 5.79. The van der Waals surface area contributed by atoms with E-state index in [9.17, 15) is 9.18 Å². The number of alkyl halides is 1. The lowest BCUT2D eigenvalue weighted by molar-refractivity contribution is 0.0856. The molecule has 1 nitrogen and oxygen atoms in total. The monoisotopic (exact) mass is 164 g/mol. The summed E-state index contributed by atoms with van der Waals surface area (Å²) in [4.78, 5) is 11.2. The predicted molar refractivity (Wildman–Crippen MR) is 44.0 cm³/mol. The fourth-order valence-corrected chi connectivity index (χ4v) is 1.56. The molecule has 0 unspecified atom stereocenters. The second-order valence-corrected chi connectivity index (χ2v) is 3.03. The number of hydrogen-bond acceptors (Lipinski definition) is 1. The topological polar surface area (TPSA) is 17.1 Å². The number of hydrogen-bond donors (Lipinski definition) is 0. The van der Waals surface area contributed by atoms with Crippen LogP contribution in [0.15, 0.2) is 24.3 Å². The molecule has 62 valence electrons. The van der Waals surface area contributed by atoms with Crippen molar-refractivity contribution >= 4 is 5.78 Å². The van der Waals surface area contributed by atoms with Gasteiger partial charge in [-0.25, -0.2) is 4.39 Å².